The minimum atomic E-state index is -2.91. The molecule has 0 aromatic heterocycles. The van der Waals surface area contributed by atoms with E-state index in [1.165, 1.54) is 0 Å². The number of hydrogen-bond acceptors (Lipinski definition) is 3. The monoisotopic (exact) mass is 399 g/mol. The smallest absolute Gasteiger partial charge is 0.152 e. The van der Waals surface area contributed by atoms with E-state index < -0.39 is 7.14 Å². The summed E-state index contributed by atoms with van der Waals surface area (Å²) >= 11 is 1.81. The van der Waals surface area contributed by atoms with Crippen LogP contribution in [-0.2, 0) is 4.57 Å². The lowest BCUT2D eigenvalue weighted by molar-refractivity contribution is 0.431. The maximum Gasteiger partial charge on any atom is 0.152 e. The minimum Gasteiger partial charge on any atom is -0.313 e. The fourth-order valence-corrected chi connectivity index (χ4v) is 9.50. The number of nitrogens with zero attached hydrogens (tertiary/aromatic N) is 1. The molecule has 0 amide bonds. The Morgan fingerprint density at radius 3 is 1.81 bits per heavy atom. The van der Waals surface area contributed by atoms with Crippen molar-refractivity contribution >= 4 is 34.6 Å². The van der Waals surface area contributed by atoms with Gasteiger partial charge >= 0.3 is 0 Å². The molecule has 144 valence electrons. The molecule has 0 N–H and O–H groups in total. The summed E-state index contributed by atoms with van der Waals surface area (Å²) in [6, 6.07) is 20.3. The highest BCUT2D eigenvalue weighted by Gasteiger charge is 2.47. The Bertz CT molecular complexity index is 796. The average molecular weight is 400 g/mol. The van der Waals surface area contributed by atoms with E-state index in [1.807, 2.05) is 72.4 Å². The molecule has 0 unspecified atom stereocenters. The van der Waals surface area contributed by atoms with Gasteiger partial charge in [0, 0.05) is 16.4 Å². The number of rotatable bonds is 5. The molecule has 0 saturated carbocycles. The molecule has 1 heterocycles. The Hall–Kier alpha value is -1.31. The molecule has 1 aliphatic heterocycles. The first-order valence-electron chi connectivity index (χ1n) is 9.66. The molecular weight excluding hydrogens is 369 g/mol. The molecular formula is C23H30NOPS. The van der Waals surface area contributed by atoms with Crippen LogP contribution in [0.2, 0.25) is 0 Å². The summed E-state index contributed by atoms with van der Waals surface area (Å²) in [4.78, 5) is 5.08. The topological polar surface area (TPSA) is 29.4 Å². The molecule has 2 atom stereocenters. The lowest BCUT2D eigenvalue weighted by Gasteiger charge is -2.37. The largest absolute Gasteiger partial charge is 0.313 e. The SMILES string of the molecule is CC(C)[C@H]1CSC([C@H](C(C)(C)C)P(=O)(c2ccccc2)c2ccccc2)=N1. The fraction of sp³-hybridized carbons (Fsp3) is 0.435. The summed E-state index contributed by atoms with van der Waals surface area (Å²) in [6.45, 7) is 11.0. The Balaban J connectivity index is 2.22. The van der Waals surface area contributed by atoms with Crippen molar-refractivity contribution in [2.45, 2.75) is 46.3 Å². The van der Waals surface area contributed by atoms with Crippen molar-refractivity contribution in [3.63, 3.8) is 0 Å². The molecule has 0 spiro atoms. The summed E-state index contributed by atoms with van der Waals surface area (Å²) in [7, 11) is -2.91. The highest BCUT2D eigenvalue weighted by atomic mass is 32.2. The van der Waals surface area contributed by atoms with Crippen molar-refractivity contribution in [2.75, 3.05) is 5.75 Å². The Morgan fingerprint density at radius 1 is 0.963 bits per heavy atom. The quantitative estimate of drug-likeness (QED) is 0.614. The van der Waals surface area contributed by atoms with E-state index >= 15 is 0 Å². The summed E-state index contributed by atoms with van der Waals surface area (Å²) in [6.07, 6.45) is 0. The molecule has 2 aromatic carbocycles. The second kappa shape index (κ2) is 7.97. The van der Waals surface area contributed by atoms with Gasteiger partial charge < -0.3 is 4.57 Å². The number of thioether (sulfide) groups is 1. The van der Waals surface area contributed by atoms with Crippen LogP contribution >= 0.6 is 18.9 Å². The Kier molecular flexibility index (Phi) is 6.03. The molecule has 27 heavy (non-hydrogen) atoms. The lowest BCUT2D eigenvalue weighted by Crippen LogP contribution is -2.39. The van der Waals surface area contributed by atoms with Crippen molar-refractivity contribution in [1.82, 2.24) is 0 Å². The standard InChI is InChI=1S/C23H30NOPS/c1-17(2)20-16-27-22(24-20)21(23(3,4)5)26(25,18-12-8-6-9-13-18)19-14-10-7-11-15-19/h6-15,17,20-21H,16H2,1-5H3/t20-,21-/m1/s1. The predicted molar refractivity (Wildman–Crippen MR) is 122 cm³/mol. The highest BCUT2D eigenvalue weighted by Crippen LogP contribution is 2.57. The van der Waals surface area contributed by atoms with Gasteiger partial charge in [-0.3, -0.25) is 4.99 Å². The van der Waals surface area contributed by atoms with Gasteiger partial charge in [0.05, 0.1) is 16.7 Å². The van der Waals surface area contributed by atoms with E-state index in [0.717, 1.165) is 21.4 Å². The third-order valence-electron chi connectivity index (χ3n) is 5.16. The molecule has 0 saturated heterocycles. The zero-order valence-electron chi connectivity index (χ0n) is 16.9. The Labute approximate surface area is 168 Å². The van der Waals surface area contributed by atoms with E-state index in [4.69, 9.17) is 4.99 Å². The van der Waals surface area contributed by atoms with E-state index in [9.17, 15) is 4.57 Å². The highest BCUT2D eigenvalue weighted by molar-refractivity contribution is 8.15. The Morgan fingerprint density at radius 2 is 1.44 bits per heavy atom. The molecule has 0 bridgehead atoms. The van der Waals surface area contributed by atoms with Gasteiger partial charge in [0.25, 0.3) is 0 Å². The molecule has 2 aromatic rings. The van der Waals surface area contributed by atoms with E-state index in [-0.39, 0.29) is 11.1 Å². The maximum atomic E-state index is 14.9. The van der Waals surface area contributed by atoms with Gasteiger partial charge in [-0.15, -0.1) is 11.8 Å². The second-order valence-electron chi connectivity index (χ2n) is 8.69. The molecule has 1 aliphatic rings. The van der Waals surface area contributed by atoms with Crippen LogP contribution in [0.1, 0.15) is 34.6 Å². The third kappa shape index (κ3) is 4.10. The first-order valence-corrected chi connectivity index (χ1v) is 12.4. The van der Waals surface area contributed by atoms with Gasteiger partial charge in [0.2, 0.25) is 0 Å². The summed E-state index contributed by atoms with van der Waals surface area (Å²) in [5.74, 6) is 1.49. The normalized spacial score (nSPS) is 19.2. The second-order valence-corrected chi connectivity index (χ2v) is 12.6. The van der Waals surface area contributed by atoms with Crippen molar-refractivity contribution in [1.29, 1.82) is 0 Å². The molecule has 0 radical (unpaired) electrons. The van der Waals surface area contributed by atoms with Crippen LogP contribution in [0.4, 0.5) is 0 Å². The number of benzene rings is 2. The molecule has 2 nitrogen and oxygen atoms in total. The first-order chi connectivity index (χ1) is 12.7. The van der Waals surface area contributed by atoms with Gasteiger partial charge in [-0.05, 0) is 11.3 Å². The van der Waals surface area contributed by atoms with Crippen LogP contribution in [0, 0.1) is 11.3 Å². The average Bonchev–Trinajstić information content (AvgIpc) is 3.11. The summed E-state index contributed by atoms with van der Waals surface area (Å²) in [5, 5.41) is 2.91. The van der Waals surface area contributed by atoms with Crippen LogP contribution in [0.25, 0.3) is 0 Å². The zero-order valence-corrected chi connectivity index (χ0v) is 18.6. The van der Waals surface area contributed by atoms with Crippen LogP contribution in [0.5, 0.6) is 0 Å². The van der Waals surface area contributed by atoms with Gasteiger partial charge in [-0.2, -0.15) is 0 Å². The third-order valence-corrected chi connectivity index (χ3v) is 10.4. The minimum absolute atomic E-state index is 0.122. The van der Waals surface area contributed by atoms with Gasteiger partial charge in [-0.25, -0.2) is 0 Å². The number of aliphatic imine (C=N–C) groups is 1. The molecule has 0 aliphatic carbocycles. The maximum absolute atomic E-state index is 14.9. The summed E-state index contributed by atoms with van der Waals surface area (Å²) in [5.41, 5.74) is -0.289. The van der Waals surface area contributed by atoms with Crippen molar-refractivity contribution in [3.8, 4) is 0 Å². The van der Waals surface area contributed by atoms with Crippen LogP contribution in [0.15, 0.2) is 65.7 Å². The first kappa shape index (κ1) is 20.4. The fourth-order valence-electron chi connectivity index (χ4n) is 3.72. The van der Waals surface area contributed by atoms with Crippen LogP contribution in [-0.4, -0.2) is 22.5 Å². The van der Waals surface area contributed by atoms with Gasteiger partial charge in [0.1, 0.15) is 0 Å². The number of hydrogen-bond donors (Lipinski definition) is 0. The van der Waals surface area contributed by atoms with Crippen molar-refractivity contribution in [3.05, 3.63) is 60.7 Å². The molecule has 3 rings (SSSR count). The van der Waals surface area contributed by atoms with Crippen molar-refractivity contribution < 1.29 is 4.57 Å². The predicted octanol–water partition coefficient (Wildman–Crippen LogP) is 5.59. The summed E-state index contributed by atoms with van der Waals surface area (Å²) < 4.78 is 14.9. The van der Waals surface area contributed by atoms with Crippen LogP contribution in [0.3, 0.4) is 0 Å². The van der Waals surface area contributed by atoms with E-state index in [1.54, 1.807) is 0 Å². The van der Waals surface area contributed by atoms with Gasteiger partial charge in [0.15, 0.2) is 7.14 Å². The zero-order chi connectivity index (χ0) is 19.7. The lowest BCUT2D eigenvalue weighted by atomic mass is 9.92. The van der Waals surface area contributed by atoms with Crippen LogP contribution < -0.4 is 10.6 Å². The van der Waals surface area contributed by atoms with E-state index in [2.05, 4.69) is 34.6 Å². The van der Waals surface area contributed by atoms with Gasteiger partial charge in [-0.1, -0.05) is 95.3 Å². The molecule has 0 fully saturated rings. The molecule has 4 heteroatoms. The van der Waals surface area contributed by atoms with Crippen molar-refractivity contribution in [2.24, 2.45) is 16.3 Å². The van der Waals surface area contributed by atoms with E-state index in [0.29, 0.717) is 12.0 Å².